The van der Waals surface area contributed by atoms with Crippen molar-refractivity contribution in [1.82, 2.24) is 9.80 Å². The van der Waals surface area contributed by atoms with Gasteiger partial charge in [-0.05, 0) is 31.0 Å². The maximum Gasteiger partial charge on any atom is 0.328 e. The quantitative estimate of drug-likeness (QED) is 0.924. The number of aliphatic carboxylic acids is 1. The van der Waals surface area contributed by atoms with Gasteiger partial charge in [0.05, 0.1) is 0 Å². The lowest BCUT2D eigenvalue weighted by atomic mass is 9.87. The molecular formula is C17H26N2O2. The highest BCUT2D eigenvalue weighted by Gasteiger charge is 2.42. The molecule has 116 valence electrons. The van der Waals surface area contributed by atoms with Crippen molar-refractivity contribution in [1.29, 1.82) is 0 Å². The lowest BCUT2D eigenvalue weighted by molar-refractivity contribution is -0.152. The number of hydrogen-bond donors (Lipinski definition) is 1. The van der Waals surface area contributed by atoms with Crippen molar-refractivity contribution in [2.75, 3.05) is 33.2 Å². The molecule has 4 heteroatoms. The third-order valence-electron chi connectivity index (χ3n) is 4.69. The minimum Gasteiger partial charge on any atom is -0.480 e. The average molecular weight is 290 g/mol. The first-order valence-corrected chi connectivity index (χ1v) is 7.63. The normalized spacial score (nSPS) is 20.4. The average Bonchev–Trinajstić information content (AvgIpc) is 2.47. The summed E-state index contributed by atoms with van der Waals surface area (Å²) in [5, 5.41) is 9.83. The maximum absolute atomic E-state index is 12.0. The van der Waals surface area contributed by atoms with Crippen molar-refractivity contribution in [3.63, 3.8) is 0 Å². The van der Waals surface area contributed by atoms with Crippen molar-refractivity contribution in [2.24, 2.45) is 0 Å². The highest BCUT2D eigenvalue weighted by Crippen LogP contribution is 2.30. The number of piperazine rings is 1. The van der Waals surface area contributed by atoms with Crippen LogP contribution in [-0.4, -0.2) is 54.1 Å². The number of benzene rings is 1. The Hall–Kier alpha value is -1.39. The summed E-state index contributed by atoms with van der Waals surface area (Å²) in [6.07, 6.45) is 0. The van der Waals surface area contributed by atoms with E-state index in [0.717, 1.165) is 31.7 Å². The van der Waals surface area contributed by atoms with Gasteiger partial charge in [-0.2, -0.15) is 0 Å². The molecule has 4 nitrogen and oxygen atoms in total. The van der Waals surface area contributed by atoms with Crippen LogP contribution >= 0.6 is 0 Å². The van der Waals surface area contributed by atoms with E-state index in [4.69, 9.17) is 0 Å². The molecule has 1 heterocycles. The van der Waals surface area contributed by atoms with Gasteiger partial charge in [0.1, 0.15) is 5.54 Å². The molecule has 1 atom stereocenters. The van der Waals surface area contributed by atoms with Crippen LogP contribution in [0.1, 0.15) is 37.8 Å². The number of likely N-dealkylation sites (N-methyl/N-ethyl adjacent to an activating group) is 1. The minimum absolute atomic E-state index is 0.457. The van der Waals surface area contributed by atoms with E-state index in [2.05, 4.69) is 42.8 Å². The smallest absolute Gasteiger partial charge is 0.328 e. The maximum atomic E-state index is 12.0. The molecule has 2 rings (SSSR count). The predicted molar refractivity (Wildman–Crippen MR) is 84.6 cm³/mol. The summed E-state index contributed by atoms with van der Waals surface area (Å²) in [6.45, 7) is 9.50. The van der Waals surface area contributed by atoms with Gasteiger partial charge >= 0.3 is 5.97 Å². The molecule has 0 radical (unpaired) electrons. The Bertz CT molecular complexity index is 490. The molecule has 1 saturated heterocycles. The monoisotopic (exact) mass is 290 g/mol. The van der Waals surface area contributed by atoms with Crippen LogP contribution in [0.3, 0.4) is 0 Å². The fourth-order valence-corrected chi connectivity index (χ4v) is 2.89. The lowest BCUT2D eigenvalue weighted by Crippen LogP contribution is -2.56. The Morgan fingerprint density at radius 2 is 1.67 bits per heavy atom. The van der Waals surface area contributed by atoms with Crippen molar-refractivity contribution >= 4 is 5.97 Å². The molecule has 1 unspecified atom stereocenters. The zero-order valence-electron chi connectivity index (χ0n) is 13.5. The summed E-state index contributed by atoms with van der Waals surface area (Å²) in [5.41, 5.74) is 1.16. The second-order valence-corrected chi connectivity index (χ2v) is 6.44. The highest BCUT2D eigenvalue weighted by atomic mass is 16.4. The van der Waals surface area contributed by atoms with Gasteiger partial charge in [0, 0.05) is 26.2 Å². The molecule has 1 aliphatic rings. The highest BCUT2D eigenvalue weighted by molar-refractivity contribution is 5.80. The van der Waals surface area contributed by atoms with Crippen molar-refractivity contribution < 1.29 is 9.90 Å². The molecule has 0 bridgehead atoms. The Morgan fingerprint density at radius 1 is 1.14 bits per heavy atom. The summed E-state index contributed by atoms with van der Waals surface area (Å²) in [4.78, 5) is 16.3. The Labute approximate surface area is 127 Å². The van der Waals surface area contributed by atoms with Gasteiger partial charge < -0.3 is 10.0 Å². The Balaban J connectivity index is 2.31. The number of carboxylic acids is 1. The van der Waals surface area contributed by atoms with Crippen LogP contribution in [0.15, 0.2) is 24.3 Å². The zero-order valence-corrected chi connectivity index (χ0v) is 13.5. The molecule has 0 saturated carbocycles. The zero-order chi connectivity index (χ0) is 15.6. The van der Waals surface area contributed by atoms with Crippen LogP contribution in [0.25, 0.3) is 0 Å². The van der Waals surface area contributed by atoms with E-state index < -0.39 is 11.5 Å². The van der Waals surface area contributed by atoms with Crippen molar-refractivity contribution in [3.05, 3.63) is 35.4 Å². The SMILES string of the molecule is CC(C)c1ccc(C(C)(C(=O)O)N2CCN(C)CC2)cc1. The van der Waals surface area contributed by atoms with Crippen LogP contribution in [0.2, 0.25) is 0 Å². The Morgan fingerprint density at radius 3 is 2.10 bits per heavy atom. The fraction of sp³-hybridized carbons (Fsp3) is 0.588. The largest absolute Gasteiger partial charge is 0.480 e. The van der Waals surface area contributed by atoms with Gasteiger partial charge in [0.2, 0.25) is 0 Å². The number of hydrogen-bond acceptors (Lipinski definition) is 3. The first-order valence-electron chi connectivity index (χ1n) is 7.63. The first kappa shape index (κ1) is 16.0. The second kappa shape index (κ2) is 6.16. The molecule has 0 aromatic heterocycles. The number of carbonyl (C=O) groups is 1. The van der Waals surface area contributed by atoms with E-state index in [1.165, 1.54) is 5.56 Å². The third-order valence-corrected chi connectivity index (χ3v) is 4.69. The second-order valence-electron chi connectivity index (χ2n) is 6.44. The third kappa shape index (κ3) is 3.11. The van der Waals surface area contributed by atoms with Crippen molar-refractivity contribution in [3.8, 4) is 0 Å². The van der Waals surface area contributed by atoms with Crippen LogP contribution in [0.5, 0.6) is 0 Å². The lowest BCUT2D eigenvalue weighted by Gasteiger charge is -2.42. The standard InChI is InChI=1S/C17H26N2O2/c1-13(2)14-5-7-15(8-6-14)17(3,16(20)21)19-11-9-18(4)10-12-19/h5-8,13H,9-12H2,1-4H3,(H,20,21). The van der Waals surface area contributed by atoms with Gasteiger partial charge in [-0.15, -0.1) is 0 Å². The van der Waals surface area contributed by atoms with Gasteiger partial charge in [-0.25, -0.2) is 4.79 Å². The first-order chi connectivity index (χ1) is 9.85. The van der Waals surface area contributed by atoms with Gasteiger partial charge in [0.15, 0.2) is 0 Å². The van der Waals surface area contributed by atoms with Gasteiger partial charge in [-0.1, -0.05) is 38.1 Å². The van der Waals surface area contributed by atoms with Crippen LogP contribution in [0.4, 0.5) is 0 Å². The summed E-state index contributed by atoms with van der Waals surface area (Å²) in [6, 6.07) is 8.05. The summed E-state index contributed by atoms with van der Waals surface area (Å²) >= 11 is 0. The molecule has 1 N–H and O–H groups in total. The molecule has 1 aromatic carbocycles. The molecule has 1 fully saturated rings. The molecule has 21 heavy (non-hydrogen) atoms. The Kier molecular flexibility index (Phi) is 4.69. The van der Waals surface area contributed by atoms with E-state index in [9.17, 15) is 9.90 Å². The van der Waals surface area contributed by atoms with Crippen LogP contribution in [-0.2, 0) is 10.3 Å². The van der Waals surface area contributed by atoms with E-state index >= 15 is 0 Å². The van der Waals surface area contributed by atoms with E-state index in [1.807, 2.05) is 19.1 Å². The van der Waals surface area contributed by atoms with Gasteiger partial charge in [-0.3, -0.25) is 4.90 Å². The molecule has 0 aliphatic carbocycles. The van der Waals surface area contributed by atoms with Crippen LogP contribution < -0.4 is 0 Å². The molecule has 1 aliphatic heterocycles. The molecule has 0 spiro atoms. The van der Waals surface area contributed by atoms with E-state index in [1.54, 1.807) is 0 Å². The van der Waals surface area contributed by atoms with Crippen LogP contribution in [0, 0.1) is 0 Å². The molecule has 0 amide bonds. The van der Waals surface area contributed by atoms with E-state index in [-0.39, 0.29) is 0 Å². The minimum atomic E-state index is -0.948. The topological polar surface area (TPSA) is 43.8 Å². The van der Waals surface area contributed by atoms with Crippen molar-refractivity contribution in [2.45, 2.75) is 32.2 Å². The number of rotatable bonds is 4. The summed E-state index contributed by atoms with van der Waals surface area (Å²) < 4.78 is 0. The molecular weight excluding hydrogens is 264 g/mol. The predicted octanol–water partition coefficient (Wildman–Crippen LogP) is 2.36. The number of carboxylic acid groups (broad SMARTS) is 1. The fourth-order valence-electron chi connectivity index (χ4n) is 2.89. The van der Waals surface area contributed by atoms with E-state index in [0.29, 0.717) is 5.92 Å². The summed E-state index contributed by atoms with van der Waals surface area (Å²) in [5.74, 6) is -0.317. The van der Waals surface area contributed by atoms with Gasteiger partial charge in [0.25, 0.3) is 0 Å². The number of nitrogens with zero attached hydrogens (tertiary/aromatic N) is 2. The molecule has 1 aromatic rings. The summed E-state index contributed by atoms with van der Waals surface area (Å²) in [7, 11) is 2.08.